The van der Waals surface area contributed by atoms with Gasteiger partial charge in [-0.1, -0.05) is 17.7 Å². The lowest BCUT2D eigenvalue weighted by atomic mass is 9.90. The first-order chi connectivity index (χ1) is 11.9. The minimum Gasteiger partial charge on any atom is -0.368 e. The van der Waals surface area contributed by atoms with Gasteiger partial charge in [-0.2, -0.15) is 0 Å². The molecule has 0 bridgehead atoms. The molecule has 6 heteroatoms. The van der Waals surface area contributed by atoms with E-state index >= 15 is 0 Å². The Morgan fingerprint density at radius 1 is 1.20 bits per heavy atom. The molecule has 0 radical (unpaired) electrons. The van der Waals surface area contributed by atoms with E-state index in [0.29, 0.717) is 5.02 Å². The Labute approximate surface area is 158 Å². The summed E-state index contributed by atoms with van der Waals surface area (Å²) in [6.45, 7) is 7.87. The summed E-state index contributed by atoms with van der Waals surface area (Å²) in [5, 5.41) is 5.67. The Hall–Kier alpha value is -1.56. The van der Waals surface area contributed by atoms with Crippen LogP contribution in [0, 0.1) is 0 Å². The number of rotatable bonds is 4. The number of nitrogens with one attached hydrogen (secondary N) is 1. The quantitative estimate of drug-likeness (QED) is 0.872. The number of carbonyl (C=O) groups excluding carboxylic acids is 1. The molecule has 134 valence electrons. The molecule has 1 aliphatic heterocycles. The number of anilines is 2. The summed E-state index contributed by atoms with van der Waals surface area (Å²) in [6, 6.07) is 9.74. The van der Waals surface area contributed by atoms with E-state index in [4.69, 9.17) is 11.6 Å². The van der Waals surface area contributed by atoms with E-state index in [9.17, 15) is 4.79 Å². The molecule has 1 aromatic carbocycles. The molecule has 2 heterocycles. The fourth-order valence-electron chi connectivity index (χ4n) is 2.92. The molecule has 25 heavy (non-hydrogen) atoms. The van der Waals surface area contributed by atoms with Crippen molar-refractivity contribution in [1.29, 1.82) is 0 Å². The first-order valence-electron chi connectivity index (χ1n) is 8.46. The zero-order valence-corrected chi connectivity index (χ0v) is 16.5. The van der Waals surface area contributed by atoms with Crippen LogP contribution in [0.4, 0.5) is 11.4 Å². The van der Waals surface area contributed by atoms with Gasteiger partial charge in [-0.15, -0.1) is 11.3 Å². The van der Waals surface area contributed by atoms with Crippen molar-refractivity contribution < 1.29 is 4.79 Å². The smallest absolute Gasteiger partial charge is 0.235 e. The van der Waals surface area contributed by atoms with Crippen molar-refractivity contribution in [2.75, 3.05) is 43.4 Å². The highest BCUT2D eigenvalue weighted by molar-refractivity contribution is 7.10. The van der Waals surface area contributed by atoms with E-state index in [1.54, 1.807) is 11.3 Å². The first kappa shape index (κ1) is 18.2. The molecule has 2 aromatic rings. The zero-order valence-electron chi connectivity index (χ0n) is 14.9. The van der Waals surface area contributed by atoms with Crippen LogP contribution in [0.5, 0.6) is 0 Å². The second-order valence-electron chi connectivity index (χ2n) is 7.01. The number of nitrogens with zero attached hydrogens (tertiary/aromatic N) is 2. The molecule has 0 unspecified atom stereocenters. The summed E-state index contributed by atoms with van der Waals surface area (Å²) in [6.07, 6.45) is 0. The van der Waals surface area contributed by atoms with Gasteiger partial charge >= 0.3 is 0 Å². The molecular formula is C19H24ClN3OS. The molecule has 3 rings (SSSR count). The van der Waals surface area contributed by atoms with E-state index in [1.165, 1.54) is 0 Å². The normalized spacial score (nSPS) is 16.1. The van der Waals surface area contributed by atoms with E-state index in [0.717, 1.165) is 42.4 Å². The van der Waals surface area contributed by atoms with Crippen molar-refractivity contribution in [3.05, 3.63) is 45.6 Å². The minimum atomic E-state index is -0.573. The Balaban J connectivity index is 1.72. The van der Waals surface area contributed by atoms with Crippen molar-refractivity contribution in [2.24, 2.45) is 0 Å². The largest absolute Gasteiger partial charge is 0.368 e. The van der Waals surface area contributed by atoms with Gasteiger partial charge < -0.3 is 15.1 Å². The Morgan fingerprint density at radius 3 is 2.52 bits per heavy atom. The van der Waals surface area contributed by atoms with Crippen LogP contribution >= 0.6 is 22.9 Å². The lowest BCUT2D eigenvalue weighted by Crippen LogP contribution is -2.44. The molecule has 1 N–H and O–H groups in total. The molecule has 0 spiro atoms. The molecule has 0 saturated carbocycles. The SMILES string of the molecule is CN1CCN(c2ccc(NC(=O)C(C)(C)c3cccs3)cc2Cl)CC1. The summed E-state index contributed by atoms with van der Waals surface area (Å²) >= 11 is 8.09. The predicted octanol–water partition coefficient (Wildman–Crippen LogP) is 4.07. The van der Waals surface area contributed by atoms with Crippen LogP contribution in [-0.4, -0.2) is 44.0 Å². The van der Waals surface area contributed by atoms with Gasteiger partial charge in [0.2, 0.25) is 5.91 Å². The lowest BCUT2D eigenvalue weighted by Gasteiger charge is -2.34. The van der Waals surface area contributed by atoms with Crippen LogP contribution in [0.3, 0.4) is 0 Å². The number of likely N-dealkylation sites (N-methyl/N-ethyl adjacent to an activating group) is 1. The number of piperazine rings is 1. The summed E-state index contributed by atoms with van der Waals surface area (Å²) < 4.78 is 0. The fourth-order valence-corrected chi connectivity index (χ4v) is 4.07. The molecule has 0 aliphatic carbocycles. The van der Waals surface area contributed by atoms with E-state index < -0.39 is 5.41 Å². The van der Waals surface area contributed by atoms with Crippen LogP contribution in [0.15, 0.2) is 35.7 Å². The van der Waals surface area contributed by atoms with Gasteiger partial charge in [-0.3, -0.25) is 4.79 Å². The van der Waals surface area contributed by atoms with Gasteiger partial charge in [0.15, 0.2) is 0 Å². The number of thiophene rings is 1. The van der Waals surface area contributed by atoms with E-state index in [1.807, 2.05) is 49.6 Å². The summed E-state index contributed by atoms with van der Waals surface area (Å²) in [7, 11) is 2.13. The average Bonchev–Trinajstić information content (AvgIpc) is 3.11. The molecule has 0 atom stereocenters. The van der Waals surface area contributed by atoms with Gasteiger partial charge in [0.25, 0.3) is 0 Å². The van der Waals surface area contributed by atoms with Crippen molar-refractivity contribution in [1.82, 2.24) is 4.90 Å². The molecule has 1 aromatic heterocycles. The number of amides is 1. The lowest BCUT2D eigenvalue weighted by molar-refractivity contribution is -0.120. The number of carbonyl (C=O) groups is 1. The third-order valence-electron chi connectivity index (χ3n) is 4.75. The van der Waals surface area contributed by atoms with Crippen LogP contribution < -0.4 is 10.2 Å². The van der Waals surface area contributed by atoms with Gasteiger partial charge in [0.05, 0.1) is 16.1 Å². The second-order valence-corrected chi connectivity index (χ2v) is 8.37. The Morgan fingerprint density at radius 2 is 1.92 bits per heavy atom. The van der Waals surface area contributed by atoms with Crippen molar-refractivity contribution >= 4 is 40.2 Å². The summed E-state index contributed by atoms with van der Waals surface area (Å²) in [5.41, 5.74) is 1.19. The van der Waals surface area contributed by atoms with Crippen LogP contribution in [0.25, 0.3) is 0 Å². The van der Waals surface area contributed by atoms with E-state index in [-0.39, 0.29) is 5.91 Å². The van der Waals surface area contributed by atoms with Crippen LogP contribution in [-0.2, 0) is 10.2 Å². The van der Waals surface area contributed by atoms with Crippen LogP contribution in [0.2, 0.25) is 5.02 Å². The first-order valence-corrected chi connectivity index (χ1v) is 9.72. The highest BCUT2D eigenvalue weighted by atomic mass is 35.5. The van der Waals surface area contributed by atoms with Gasteiger partial charge in [0.1, 0.15) is 0 Å². The summed E-state index contributed by atoms with van der Waals surface area (Å²) in [4.78, 5) is 18.4. The van der Waals surface area contributed by atoms with Crippen LogP contribution in [0.1, 0.15) is 18.7 Å². The molecular weight excluding hydrogens is 354 g/mol. The third kappa shape index (κ3) is 4.00. The maximum Gasteiger partial charge on any atom is 0.235 e. The van der Waals surface area contributed by atoms with E-state index in [2.05, 4.69) is 22.2 Å². The minimum absolute atomic E-state index is 0.0293. The molecule has 1 aliphatic rings. The number of hydrogen-bond donors (Lipinski definition) is 1. The number of halogens is 1. The molecule has 4 nitrogen and oxygen atoms in total. The van der Waals surface area contributed by atoms with Crippen molar-refractivity contribution in [3.8, 4) is 0 Å². The van der Waals surface area contributed by atoms with Crippen molar-refractivity contribution in [3.63, 3.8) is 0 Å². The van der Waals surface area contributed by atoms with Gasteiger partial charge in [-0.05, 0) is 50.5 Å². The molecule has 1 amide bonds. The standard InChI is InChI=1S/C19H24ClN3OS/c1-19(2,17-5-4-12-25-17)18(24)21-14-6-7-16(15(20)13-14)23-10-8-22(3)9-11-23/h4-7,12-13H,8-11H2,1-3H3,(H,21,24). The fraction of sp³-hybridized carbons (Fsp3) is 0.421. The second kappa shape index (κ2) is 7.36. The predicted molar refractivity (Wildman–Crippen MR) is 107 cm³/mol. The number of hydrogen-bond acceptors (Lipinski definition) is 4. The van der Waals surface area contributed by atoms with Gasteiger partial charge in [-0.25, -0.2) is 0 Å². The third-order valence-corrected chi connectivity index (χ3v) is 6.25. The highest BCUT2D eigenvalue weighted by Gasteiger charge is 2.31. The Kier molecular flexibility index (Phi) is 5.37. The molecule has 1 fully saturated rings. The number of benzene rings is 1. The Bertz CT molecular complexity index is 737. The van der Waals surface area contributed by atoms with Gasteiger partial charge in [0, 0.05) is 36.7 Å². The maximum atomic E-state index is 12.7. The summed E-state index contributed by atoms with van der Waals surface area (Å²) in [5.74, 6) is -0.0293. The molecule has 1 saturated heterocycles. The van der Waals surface area contributed by atoms with Crippen molar-refractivity contribution in [2.45, 2.75) is 19.3 Å². The average molecular weight is 378 g/mol. The topological polar surface area (TPSA) is 35.6 Å². The maximum absolute atomic E-state index is 12.7. The zero-order chi connectivity index (χ0) is 18.0. The monoisotopic (exact) mass is 377 g/mol. The highest BCUT2D eigenvalue weighted by Crippen LogP contribution is 2.32.